The zero-order valence-corrected chi connectivity index (χ0v) is 15.5. The highest BCUT2D eigenvalue weighted by molar-refractivity contribution is 5.96. The molecule has 7 heteroatoms. The van der Waals surface area contributed by atoms with E-state index >= 15 is 0 Å². The topological polar surface area (TPSA) is 80.5 Å². The van der Waals surface area contributed by atoms with Crippen molar-refractivity contribution in [1.29, 1.82) is 0 Å². The summed E-state index contributed by atoms with van der Waals surface area (Å²) in [5.41, 5.74) is 2.53. The maximum atomic E-state index is 11.3. The molecule has 0 saturated carbocycles. The number of nitro groups is 1. The predicted molar refractivity (Wildman–Crippen MR) is 106 cm³/mol. The number of likely N-dealkylation sites (N-methyl/N-ethyl adjacent to an activating group) is 1. The predicted octanol–water partition coefficient (Wildman–Crippen LogP) is 3.87. The van der Waals surface area contributed by atoms with Gasteiger partial charge < -0.3 is 15.0 Å². The molecule has 1 N–H and O–H groups in total. The average molecular weight is 366 g/mol. The highest BCUT2D eigenvalue weighted by Gasteiger charge is 2.18. The summed E-state index contributed by atoms with van der Waals surface area (Å²) >= 11 is 0. The quantitative estimate of drug-likeness (QED) is 0.505. The van der Waals surface area contributed by atoms with Crippen molar-refractivity contribution in [3.05, 3.63) is 70.4 Å². The van der Waals surface area contributed by atoms with E-state index in [0.717, 1.165) is 17.0 Å². The molecule has 0 amide bonds. The summed E-state index contributed by atoms with van der Waals surface area (Å²) in [6.07, 6.45) is 1.64. The smallest absolute Gasteiger partial charge is 0.278 e. The Balaban J connectivity index is 1.90. The molecule has 27 heavy (non-hydrogen) atoms. The largest absolute Gasteiger partial charge is 0.497 e. The summed E-state index contributed by atoms with van der Waals surface area (Å²) in [7, 11) is 5.67. The van der Waals surface area contributed by atoms with E-state index in [1.54, 1.807) is 31.5 Å². The fraction of sp³-hybridized carbons (Fsp3) is 0.250. The van der Waals surface area contributed by atoms with Crippen LogP contribution < -0.4 is 10.1 Å². The summed E-state index contributed by atoms with van der Waals surface area (Å²) in [4.78, 5) is 17.3. The monoisotopic (exact) mass is 366 g/mol. The lowest BCUT2D eigenvalue weighted by atomic mass is 10.0. The standard InChI is InChI=1S/C20H22N4O3/c1-23(2)19(14-6-4-7-15(12-14)27-3)13-22-17-9-10-18(24(25)26)16-8-5-11-21-20(16)17/h4-12,19,22H,13H2,1-3H3/t19-/m1/s1. The van der Waals surface area contributed by atoms with Crippen molar-refractivity contribution in [1.82, 2.24) is 9.88 Å². The molecule has 0 aliphatic carbocycles. The van der Waals surface area contributed by atoms with Gasteiger partial charge in [-0.1, -0.05) is 12.1 Å². The van der Waals surface area contributed by atoms with Crippen LogP contribution in [-0.2, 0) is 0 Å². The number of aromatic nitrogens is 1. The van der Waals surface area contributed by atoms with Gasteiger partial charge in [0, 0.05) is 18.8 Å². The Bertz CT molecular complexity index is 959. The van der Waals surface area contributed by atoms with Crippen molar-refractivity contribution in [2.24, 2.45) is 0 Å². The molecular formula is C20H22N4O3. The van der Waals surface area contributed by atoms with Gasteiger partial charge in [0.25, 0.3) is 5.69 Å². The number of rotatable bonds is 7. The number of benzene rings is 2. The molecule has 0 radical (unpaired) electrons. The van der Waals surface area contributed by atoms with E-state index in [1.165, 1.54) is 6.07 Å². The molecule has 1 heterocycles. The lowest BCUT2D eigenvalue weighted by Gasteiger charge is -2.26. The molecule has 140 valence electrons. The van der Waals surface area contributed by atoms with E-state index in [9.17, 15) is 10.1 Å². The third-order valence-electron chi connectivity index (χ3n) is 4.53. The number of pyridine rings is 1. The van der Waals surface area contributed by atoms with Crippen molar-refractivity contribution in [3.8, 4) is 5.75 Å². The first-order chi connectivity index (χ1) is 13.0. The summed E-state index contributed by atoms with van der Waals surface area (Å²) < 4.78 is 5.33. The van der Waals surface area contributed by atoms with Crippen LogP contribution in [0.2, 0.25) is 0 Å². The van der Waals surface area contributed by atoms with Crippen LogP contribution in [0.1, 0.15) is 11.6 Å². The van der Waals surface area contributed by atoms with Gasteiger partial charge in [-0.2, -0.15) is 0 Å². The van der Waals surface area contributed by atoms with Crippen molar-refractivity contribution < 1.29 is 9.66 Å². The maximum Gasteiger partial charge on any atom is 0.278 e. The van der Waals surface area contributed by atoms with Crippen LogP contribution >= 0.6 is 0 Å². The van der Waals surface area contributed by atoms with Gasteiger partial charge in [0.15, 0.2) is 0 Å². The van der Waals surface area contributed by atoms with Crippen LogP contribution in [0.4, 0.5) is 11.4 Å². The van der Waals surface area contributed by atoms with Crippen LogP contribution in [0.15, 0.2) is 54.7 Å². The Kier molecular flexibility index (Phi) is 5.52. The second-order valence-corrected chi connectivity index (χ2v) is 6.43. The zero-order chi connectivity index (χ0) is 19.4. The van der Waals surface area contributed by atoms with Crippen molar-refractivity contribution in [2.45, 2.75) is 6.04 Å². The Hall–Kier alpha value is -3.19. The van der Waals surface area contributed by atoms with E-state index in [2.05, 4.69) is 21.3 Å². The summed E-state index contributed by atoms with van der Waals surface area (Å²) in [6, 6.07) is 14.7. The zero-order valence-electron chi connectivity index (χ0n) is 15.5. The van der Waals surface area contributed by atoms with Crippen molar-refractivity contribution >= 4 is 22.3 Å². The Labute approximate surface area is 157 Å². The normalized spacial score (nSPS) is 12.1. The lowest BCUT2D eigenvalue weighted by Crippen LogP contribution is -2.27. The molecule has 1 aromatic heterocycles. The van der Waals surface area contributed by atoms with Crippen molar-refractivity contribution in [3.63, 3.8) is 0 Å². The summed E-state index contributed by atoms with van der Waals surface area (Å²) in [5.74, 6) is 0.807. The van der Waals surface area contributed by atoms with E-state index in [-0.39, 0.29) is 16.7 Å². The lowest BCUT2D eigenvalue weighted by molar-refractivity contribution is -0.383. The Morgan fingerprint density at radius 3 is 2.74 bits per heavy atom. The highest BCUT2D eigenvalue weighted by atomic mass is 16.6. The second-order valence-electron chi connectivity index (χ2n) is 6.43. The average Bonchev–Trinajstić information content (AvgIpc) is 2.67. The number of anilines is 1. The second kappa shape index (κ2) is 8.01. The molecule has 0 spiro atoms. The van der Waals surface area contributed by atoms with Crippen LogP contribution in [0.5, 0.6) is 5.75 Å². The number of hydrogen-bond acceptors (Lipinski definition) is 6. The molecule has 3 rings (SSSR count). The molecule has 0 aliphatic heterocycles. The number of methoxy groups -OCH3 is 1. The number of nitro benzene ring substituents is 1. The van der Waals surface area contributed by atoms with Gasteiger partial charge in [-0.25, -0.2) is 0 Å². The Morgan fingerprint density at radius 1 is 1.22 bits per heavy atom. The minimum atomic E-state index is -0.382. The fourth-order valence-corrected chi connectivity index (χ4v) is 3.11. The van der Waals surface area contributed by atoms with Crippen LogP contribution in [0, 0.1) is 10.1 Å². The fourth-order valence-electron chi connectivity index (χ4n) is 3.11. The molecule has 2 aromatic carbocycles. The number of nitrogens with one attached hydrogen (secondary N) is 1. The van der Waals surface area contributed by atoms with Crippen molar-refractivity contribution in [2.75, 3.05) is 33.1 Å². The molecule has 0 aliphatic rings. The first-order valence-corrected chi connectivity index (χ1v) is 8.57. The molecule has 0 unspecified atom stereocenters. The molecule has 7 nitrogen and oxygen atoms in total. The van der Waals surface area contributed by atoms with E-state index in [4.69, 9.17) is 4.74 Å². The van der Waals surface area contributed by atoms with Gasteiger partial charge in [0.2, 0.25) is 0 Å². The molecule has 3 aromatic rings. The van der Waals surface area contributed by atoms with Gasteiger partial charge in [-0.3, -0.25) is 15.1 Å². The molecule has 1 atom stereocenters. The van der Waals surface area contributed by atoms with Crippen LogP contribution in [-0.4, -0.2) is 42.6 Å². The van der Waals surface area contributed by atoms with Crippen LogP contribution in [0.25, 0.3) is 10.9 Å². The van der Waals surface area contributed by atoms with Gasteiger partial charge in [-0.05, 0) is 50.0 Å². The van der Waals surface area contributed by atoms with E-state index in [0.29, 0.717) is 17.4 Å². The number of hydrogen-bond donors (Lipinski definition) is 1. The summed E-state index contributed by atoms with van der Waals surface area (Å²) in [6.45, 7) is 0.615. The van der Waals surface area contributed by atoms with Gasteiger partial charge in [-0.15, -0.1) is 0 Å². The molecular weight excluding hydrogens is 344 g/mol. The third kappa shape index (κ3) is 3.98. The third-order valence-corrected chi connectivity index (χ3v) is 4.53. The number of ether oxygens (including phenoxy) is 1. The van der Waals surface area contributed by atoms with Crippen LogP contribution in [0.3, 0.4) is 0 Å². The Morgan fingerprint density at radius 2 is 2.04 bits per heavy atom. The number of non-ortho nitro benzene ring substituents is 1. The van der Waals surface area contributed by atoms with Gasteiger partial charge >= 0.3 is 0 Å². The minimum Gasteiger partial charge on any atom is -0.497 e. The first-order valence-electron chi connectivity index (χ1n) is 8.57. The number of fused-ring (bicyclic) bond motifs is 1. The highest BCUT2D eigenvalue weighted by Crippen LogP contribution is 2.31. The molecule has 0 fully saturated rings. The maximum absolute atomic E-state index is 11.3. The molecule has 0 saturated heterocycles. The summed E-state index contributed by atoms with van der Waals surface area (Å²) in [5, 5.41) is 15.2. The van der Waals surface area contributed by atoms with Gasteiger partial charge in [0.1, 0.15) is 11.3 Å². The molecule has 0 bridgehead atoms. The van der Waals surface area contributed by atoms with Gasteiger partial charge in [0.05, 0.1) is 29.1 Å². The minimum absolute atomic E-state index is 0.0561. The van der Waals surface area contributed by atoms with E-state index < -0.39 is 0 Å². The van der Waals surface area contributed by atoms with E-state index in [1.807, 2.05) is 32.3 Å². The SMILES string of the molecule is COc1cccc([C@@H](CNc2ccc([N+](=O)[O-])c3cccnc23)N(C)C)c1. The first kappa shape index (κ1) is 18.6. The number of nitrogens with zero attached hydrogens (tertiary/aromatic N) is 3.